The summed E-state index contributed by atoms with van der Waals surface area (Å²) in [5.74, 6) is -1.07. The minimum absolute atomic E-state index is 0.161. The lowest BCUT2D eigenvalue weighted by molar-refractivity contribution is -0.142. The third-order valence-corrected chi connectivity index (χ3v) is 2.69. The van der Waals surface area contributed by atoms with Crippen LogP contribution in [0.2, 0.25) is 0 Å². The molecule has 3 nitrogen and oxygen atoms in total. The van der Waals surface area contributed by atoms with Crippen molar-refractivity contribution in [1.29, 1.82) is 0 Å². The van der Waals surface area contributed by atoms with Gasteiger partial charge in [0.2, 0.25) is 0 Å². The second kappa shape index (κ2) is 4.93. The first-order chi connectivity index (χ1) is 7.35. The summed E-state index contributed by atoms with van der Waals surface area (Å²) < 4.78 is 13.2. The van der Waals surface area contributed by atoms with Crippen molar-refractivity contribution in [3.05, 3.63) is 33.8 Å². The molecule has 0 aliphatic carbocycles. The largest absolute Gasteiger partial charge is 0.480 e. The van der Waals surface area contributed by atoms with Gasteiger partial charge in [0.25, 0.3) is 0 Å². The Balaban J connectivity index is 2.97. The van der Waals surface area contributed by atoms with Gasteiger partial charge in [0.1, 0.15) is 12.2 Å². The monoisotopic (exact) mass is 289 g/mol. The van der Waals surface area contributed by atoms with Gasteiger partial charge in [-0.3, -0.25) is 4.79 Å². The average molecular weight is 290 g/mol. The number of rotatable bonds is 4. The zero-order valence-electron chi connectivity index (χ0n) is 8.84. The van der Waals surface area contributed by atoms with Crippen LogP contribution in [0, 0.1) is 0 Å². The molecule has 0 aliphatic heterocycles. The van der Waals surface area contributed by atoms with E-state index in [1.807, 2.05) is 0 Å². The molecule has 3 N–H and O–H groups in total. The number of hydrogen-bond acceptors (Lipinski definition) is 2. The summed E-state index contributed by atoms with van der Waals surface area (Å²) in [4.78, 5) is 10.9. The van der Waals surface area contributed by atoms with Gasteiger partial charge in [-0.15, -0.1) is 0 Å². The number of nitrogens with two attached hydrogens (primary N) is 1. The Hall–Kier alpha value is -0.940. The molecule has 0 unspecified atom stereocenters. The van der Waals surface area contributed by atoms with Crippen LogP contribution in [0.15, 0.2) is 22.7 Å². The van der Waals surface area contributed by atoms with E-state index in [0.717, 1.165) is 4.47 Å². The highest BCUT2D eigenvalue weighted by atomic mass is 79.9. The van der Waals surface area contributed by atoms with Crippen LogP contribution in [-0.4, -0.2) is 16.6 Å². The van der Waals surface area contributed by atoms with E-state index in [2.05, 4.69) is 15.9 Å². The standard InChI is InChI=1S/C11H13BrFNO2/c1-11(14,10(15)16)5-7-2-8(6-13)4-9(12)3-7/h2-4H,5-6,14H2,1H3,(H,15,16)/t11-/m0/s1. The molecule has 0 fully saturated rings. The SMILES string of the molecule is C[C@](N)(Cc1cc(Br)cc(CF)c1)C(=O)O. The number of hydrogen-bond donors (Lipinski definition) is 2. The van der Waals surface area contributed by atoms with Crippen molar-refractivity contribution in [2.45, 2.75) is 25.6 Å². The molecule has 0 bridgehead atoms. The summed E-state index contributed by atoms with van der Waals surface area (Å²) in [7, 11) is 0. The van der Waals surface area contributed by atoms with Crippen molar-refractivity contribution in [3.63, 3.8) is 0 Å². The predicted octanol–water partition coefficient (Wildman–Crippen LogP) is 2.26. The minimum Gasteiger partial charge on any atom is -0.480 e. The highest BCUT2D eigenvalue weighted by Gasteiger charge is 2.28. The van der Waals surface area contributed by atoms with Crippen LogP contribution in [-0.2, 0) is 17.9 Å². The first kappa shape index (κ1) is 13.1. The fourth-order valence-corrected chi connectivity index (χ4v) is 1.98. The fraction of sp³-hybridized carbons (Fsp3) is 0.364. The molecule has 1 aromatic carbocycles. The van der Waals surface area contributed by atoms with E-state index >= 15 is 0 Å². The summed E-state index contributed by atoms with van der Waals surface area (Å²) in [5, 5.41) is 8.89. The number of carbonyl (C=O) groups is 1. The second-order valence-corrected chi connectivity index (χ2v) is 4.92. The molecular formula is C11H13BrFNO2. The third kappa shape index (κ3) is 3.28. The molecule has 0 aliphatic rings. The Bertz CT molecular complexity index is 407. The van der Waals surface area contributed by atoms with Crippen LogP contribution >= 0.6 is 15.9 Å². The Morgan fingerprint density at radius 1 is 1.50 bits per heavy atom. The van der Waals surface area contributed by atoms with Gasteiger partial charge >= 0.3 is 5.97 Å². The summed E-state index contributed by atoms with van der Waals surface area (Å²) in [6.45, 7) is 0.853. The molecule has 0 aromatic heterocycles. The average Bonchev–Trinajstić information content (AvgIpc) is 2.15. The molecule has 1 rings (SSSR count). The van der Waals surface area contributed by atoms with E-state index in [-0.39, 0.29) is 6.42 Å². The van der Waals surface area contributed by atoms with Gasteiger partial charge in [0, 0.05) is 10.9 Å². The van der Waals surface area contributed by atoms with E-state index in [9.17, 15) is 9.18 Å². The minimum atomic E-state index is -1.34. The molecule has 0 heterocycles. The summed E-state index contributed by atoms with van der Waals surface area (Å²) in [6, 6.07) is 5.02. The number of benzene rings is 1. The maximum Gasteiger partial charge on any atom is 0.323 e. The molecular weight excluding hydrogens is 277 g/mol. The van der Waals surface area contributed by atoms with Gasteiger partial charge < -0.3 is 10.8 Å². The van der Waals surface area contributed by atoms with Gasteiger partial charge in [-0.25, -0.2) is 4.39 Å². The maximum atomic E-state index is 12.5. The van der Waals surface area contributed by atoms with Gasteiger partial charge in [-0.05, 0) is 30.2 Å². The molecule has 0 spiro atoms. The van der Waals surface area contributed by atoms with Crippen LogP contribution in [0.25, 0.3) is 0 Å². The molecule has 0 amide bonds. The number of aliphatic carboxylic acids is 1. The van der Waals surface area contributed by atoms with Crippen molar-refractivity contribution >= 4 is 21.9 Å². The van der Waals surface area contributed by atoms with E-state index in [1.54, 1.807) is 18.2 Å². The Morgan fingerprint density at radius 2 is 2.06 bits per heavy atom. The predicted molar refractivity (Wildman–Crippen MR) is 62.9 cm³/mol. The highest BCUT2D eigenvalue weighted by Crippen LogP contribution is 2.20. The van der Waals surface area contributed by atoms with Crippen molar-refractivity contribution in [1.82, 2.24) is 0 Å². The van der Waals surface area contributed by atoms with Crippen molar-refractivity contribution in [3.8, 4) is 0 Å². The summed E-state index contributed by atoms with van der Waals surface area (Å²) in [5.41, 5.74) is 5.49. The van der Waals surface area contributed by atoms with Gasteiger partial charge in [0.05, 0.1) is 0 Å². The second-order valence-electron chi connectivity index (χ2n) is 4.00. The first-order valence-corrected chi connectivity index (χ1v) is 5.51. The Kier molecular flexibility index (Phi) is 4.04. The first-order valence-electron chi connectivity index (χ1n) is 4.72. The van der Waals surface area contributed by atoms with Gasteiger partial charge in [-0.2, -0.15) is 0 Å². The third-order valence-electron chi connectivity index (χ3n) is 2.23. The molecule has 0 saturated heterocycles. The van der Waals surface area contributed by atoms with Crippen LogP contribution in [0.1, 0.15) is 18.1 Å². The van der Waals surface area contributed by atoms with Gasteiger partial charge in [0.15, 0.2) is 0 Å². The zero-order chi connectivity index (χ0) is 12.3. The molecule has 16 heavy (non-hydrogen) atoms. The van der Waals surface area contributed by atoms with Crippen LogP contribution in [0.3, 0.4) is 0 Å². The molecule has 5 heteroatoms. The lowest BCUT2D eigenvalue weighted by Crippen LogP contribution is -2.46. The van der Waals surface area contributed by atoms with E-state index in [1.165, 1.54) is 6.92 Å². The van der Waals surface area contributed by atoms with Crippen LogP contribution in [0.4, 0.5) is 4.39 Å². The zero-order valence-corrected chi connectivity index (χ0v) is 10.4. The number of carboxylic acid groups (broad SMARTS) is 1. The Morgan fingerprint density at radius 3 is 2.56 bits per heavy atom. The lowest BCUT2D eigenvalue weighted by Gasteiger charge is -2.19. The molecule has 0 radical (unpaired) electrons. The fourth-order valence-electron chi connectivity index (χ4n) is 1.40. The van der Waals surface area contributed by atoms with E-state index in [4.69, 9.17) is 10.8 Å². The number of halogens is 2. The smallest absolute Gasteiger partial charge is 0.323 e. The molecule has 1 aromatic rings. The number of alkyl halides is 1. The quantitative estimate of drug-likeness (QED) is 0.894. The van der Waals surface area contributed by atoms with E-state index in [0.29, 0.717) is 11.1 Å². The Labute approximate surface area is 102 Å². The maximum absolute atomic E-state index is 12.5. The highest BCUT2D eigenvalue weighted by molar-refractivity contribution is 9.10. The molecule has 1 atom stereocenters. The van der Waals surface area contributed by atoms with Crippen molar-refractivity contribution < 1.29 is 14.3 Å². The summed E-state index contributed by atoms with van der Waals surface area (Å²) >= 11 is 3.24. The molecule has 88 valence electrons. The lowest BCUT2D eigenvalue weighted by atomic mass is 9.93. The normalized spacial score (nSPS) is 14.5. The van der Waals surface area contributed by atoms with E-state index < -0.39 is 18.2 Å². The topological polar surface area (TPSA) is 63.3 Å². The summed E-state index contributed by atoms with van der Waals surface area (Å²) in [6.07, 6.45) is 0.161. The van der Waals surface area contributed by atoms with Crippen molar-refractivity contribution in [2.75, 3.05) is 0 Å². The molecule has 0 saturated carbocycles. The van der Waals surface area contributed by atoms with Crippen molar-refractivity contribution in [2.24, 2.45) is 5.73 Å². The number of carboxylic acids is 1. The van der Waals surface area contributed by atoms with Crippen LogP contribution in [0.5, 0.6) is 0 Å². The van der Waals surface area contributed by atoms with Crippen LogP contribution < -0.4 is 5.73 Å². The van der Waals surface area contributed by atoms with Gasteiger partial charge in [-0.1, -0.05) is 22.0 Å².